The number of nitrogens with zero attached hydrogens (tertiary/aromatic N) is 3. The Labute approximate surface area is 174 Å². The Morgan fingerprint density at radius 1 is 1.38 bits per heavy atom. The molecule has 0 aliphatic carbocycles. The lowest BCUT2D eigenvalue weighted by molar-refractivity contribution is -0.122. The molecule has 0 fully saturated rings. The minimum Gasteiger partial charge on any atom is -0.354 e. The van der Waals surface area contributed by atoms with Gasteiger partial charge in [-0.1, -0.05) is 31.9 Å². The SMILES string of the molecule is CCCCC(N=C1NS(=O)(=O)c2ccccc21)C(=O)NCCc1n[nH]c(=S)n1C. The number of amides is 1. The first kappa shape index (κ1) is 21.2. The first-order valence-corrected chi connectivity index (χ1v) is 11.3. The van der Waals surface area contributed by atoms with Crippen LogP contribution in [0.25, 0.3) is 0 Å². The second-order valence-corrected chi connectivity index (χ2v) is 8.82. The topological polar surface area (TPSA) is 121 Å². The first-order valence-electron chi connectivity index (χ1n) is 9.41. The van der Waals surface area contributed by atoms with Gasteiger partial charge in [-0.15, -0.1) is 0 Å². The quantitative estimate of drug-likeness (QED) is 0.541. The van der Waals surface area contributed by atoms with Crippen molar-refractivity contribution >= 4 is 34.0 Å². The summed E-state index contributed by atoms with van der Waals surface area (Å²) in [6.45, 7) is 2.40. The summed E-state index contributed by atoms with van der Waals surface area (Å²) in [5.74, 6) is 0.710. The van der Waals surface area contributed by atoms with Crippen molar-refractivity contribution in [2.24, 2.45) is 12.0 Å². The minimum absolute atomic E-state index is 0.180. The summed E-state index contributed by atoms with van der Waals surface area (Å²) in [7, 11) is -1.83. The van der Waals surface area contributed by atoms with Gasteiger partial charge in [0.05, 0.1) is 4.90 Å². The number of fused-ring (bicyclic) bond motifs is 1. The summed E-state index contributed by atoms with van der Waals surface area (Å²) < 4.78 is 29.3. The molecule has 1 aliphatic rings. The highest BCUT2D eigenvalue weighted by Crippen LogP contribution is 2.23. The average molecular weight is 437 g/mol. The zero-order valence-electron chi connectivity index (χ0n) is 16.3. The number of benzene rings is 1. The molecule has 3 rings (SSSR count). The predicted molar refractivity (Wildman–Crippen MR) is 112 cm³/mol. The highest BCUT2D eigenvalue weighted by atomic mass is 32.2. The van der Waals surface area contributed by atoms with Crippen molar-refractivity contribution in [3.05, 3.63) is 40.4 Å². The number of unbranched alkanes of at least 4 members (excludes halogenated alkanes) is 1. The van der Waals surface area contributed by atoms with Crippen LogP contribution in [-0.4, -0.2) is 47.5 Å². The van der Waals surface area contributed by atoms with E-state index >= 15 is 0 Å². The van der Waals surface area contributed by atoms with Crippen LogP contribution in [0.5, 0.6) is 0 Å². The number of aliphatic imine (C=N–C) groups is 1. The van der Waals surface area contributed by atoms with Gasteiger partial charge < -0.3 is 9.88 Å². The first-order chi connectivity index (χ1) is 13.8. The zero-order valence-corrected chi connectivity index (χ0v) is 17.9. The molecule has 0 saturated carbocycles. The van der Waals surface area contributed by atoms with Crippen molar-refractivity contribution in [1.29, 1.82) is 0 Å². The van der Waals surface area contributed by atoms with Gasteiger partial charge in [0.1, 0.15) is 17.7 Å². The van der Waals surface area contributed by atoms with Crippen molar-refractivity contribution in [1.82, 2.24) is 24.8 Å². The van der Waals surface area contributed by atoms with Crippen LogP contribution in [0, 0.1) is 4.77 Å². The number of carbonyl (C=O) groups is 1. The summed E-state index contributed by atoms with van der Waals surface area (Å²) in [6, 6.07) is 5.94. The fourth-order valence-corrected chi connectivity index (χ4v) is 4.45. The van der Waals surface area contributed by atoms with E-state index in [-0.39, 0.29) is 16.6 Å². The van der Waals surface area contributed by atoms with Crippen molar-refractivity contribution in [3.63, 3.8) is 0 Å². The second-order valence-electron chi connectivity index (χ2n) is 6.78. The monoisotopic (exact) mass is 436 g/mol. The van der Waals surface area contributed by atoms with Crippen LogP contribution in [-0.2, 0) is 28.3 Å². The average Bonchev–Trinajstić information content (AvgIpc) is 3.15. The van der Waals surface area contributed by atoms with Crippen molar-refractivity contribution in [2.45, 2.75) is 43.5 Å². The maximum Gasteiger partial charge on any atom is 0.263 e. The largest absolute Gasteiger partial charge is 0.354 e. The molecule has 2 heterocycles. The number of hydrogen-bond donors (Lipinski definition) is 3. The molecular formula is C18H24N6O3S2. The van der Waals surface area contributed by atoms with E-state index in [4.69, 9.17) is 12.2 Å². The molecule has 0 bridgehead atoms. The van der Waals surface area contributed by atoms with Crippen LogP contribution in [0.2, 0.25) is 0 Å². The van der Waals surface area contributed by atoms with Gasteiger partial charge in [-0.05, 0) is 30.8 Å². The Hall–Kier alpha value is -2.53. The number of aromatic nitrogens is 3. The maximum absolute atomic E-state index is 12.7. The van der Waals surface area contributed by atoms with Crippen molar-refractivity contribution in [2.75, 3.05) is 6.54 Å². The molecule has 1 unspecified atom stereocenters. The van der Waals surface area contributed by atoms with Gasteiger partial charge in [-0.3, -0.25) is 19.6 Å². The van der Waals surface area contributed by atoms with Crippen LogP contribution >= 0.6 is 12.2 Å². The minimum atomic E-state index is -3.64. The van der Waals surface area contributed by atoms with Crippen LogP contribution in [0.3, 0.4) is 0 Å². The molecule has 1 aliphatic heterocycles. The number of hydrogen-bond acceptors (Lipinski definition) is 6. The third-order valence-electron chi connectivity index (χ3n) is 4.70. The molecule has 9 nitrogen and oxygen atoms in total. The maximum atomic E-state index is 12.7. The van der Waals surface area contributed by atoms with Crippen molar-refractivity contribution < 1.29 is 13.2 Å². The van der Waals surface area contributed by atoms with E-state index in [1.54, 1.807) is 22.8 Å². The fraction of sp³-hybridized carbons (Fsp3) is 0.444. The normalized spacial score (nSPS) is 17.0. The van der Waals surface area contributed by atoms with Crippen LogP contribution in [0.1, 0.15) is 37.6 Å². The van der Waals surface area contributed by atoms with E-state index in [0.717, 1.165) is 18.7 Å². The van der Waals surface area contributed by atoms with Gasteiger partial charge in [-0.25, -0.2) is 8.42 Å². The standard InChI is InChI=1S/C18H24N6O3S2/c1-3-4-8-13(17(25)19-11-10-15-21-22-18(28)24(15)2)20-16-12-7-5-6-9-14(12)29(26,27)23-16/h5-7,9,13H,3-4,8,10-11H2,1-2H3,(H,19,25)(H,20,23)(H,22,28). The molecule has 1 amide bonds. The summed E-state index contributed by atoms with van der Waals surface area (Å²) in [4.78, 5) is 17.4. The van der Waals surface area contributed by atoms with E-state index in [0.29, 0.717) is 29.7 Å². The second kappa shape index (κ2) is 8.87. The van der Waals surface area contributed by atoms with Crippen LogP contribution in [0.4, 0.5) is 0 Å². The fourth-order valence-electron chi connectivity index (χ4n) is 3.06. The van der Waals surface area contributed by atoms with E-state index in [1.165, 1.54) is 6.07 Å². The number of rotatable bonds is 8. The predicted octanol–water partition coefficient (Wildman–Crippen LogP) is 1.43. The molecular weight excluding hydrogens is 412 g/mol. The molecule has 11 heteroatoms. The van der Waals surface area contributed by atoms with Gasteiger partial charge in [0, 0.05) is 25.6 Å². The van der Waals surface area contributed by atoms with E-state index in [9.17, 15) is 13.2 Å². The van der Waals surface area contributed by atoms with Gasteiger partial charge in [0.2, 0.25) is 5.91 Å². The number of amidine groups is 1. The smallest absolute Gasteiger partial charge is 0.263 e. The summed E-state index contributed by atoms with van der Waals surface area (Å²) in [6.07, 6.45) is 2.75. The van der Waals surface area contributed by atoms with Crippen molar-refractivity contribution in [3.8, 4) is 0 Å². The number of nitrogens with one attached hydrogen (secondary N) is 3. The van der Waals surface area contributed by atoms with Gasteiger partial charge in [0.25, 0.3) is 10.0 Å². The van der Waals surface area contributed by atoms with Crippen LogP contribution < -0.4 is 10.0 Å². The van der Waals surface area contributed by atoms with Crippen LogP contribution in [0.15, 0.2) is 34.2 Å². The summed E-state index contributed by atoms with van der Waals surface area (Å²) in [5.41, 5.74) is 0.489. The van der Waals surface area contributed by atoms with Gasteiger partial charge in [0.15, 0.2) is 4.77 Å². The van der Waals surface area contributed by atoms with E-state index < -0.39 is 16.1 Å². The number of carbonyl (C=O) groups excluding carboxylic acids is 1. The van der Waals surface area contributed by atoms with E-state index in [2.05, 4.69) is 25.2 Å². The molecule has 3 N–H and O–H groups in total. The molecule has 1 aromatic carbocycles. The number of H-pyrrole nitrogens is 1. The van der Waals surface area contributed by atoms with Gasteiger partial charge >= 0.3 is 0 Å². The lowest BCUT2D eigenvalue weighted by atomic mass is 10.1. The Balaban J connectivity index is 1.74. The summed E-state index contributed by atoms with van der Waals surface area (Å²) >= 11 is 5.08. The molecule has 0 saturated heterocycles. The van der Waals surface area contributed by atoms with Gasteiger partial charge in [-0.2, -0.15) is 5.10 Å². The number of aromatic amines is 1. The Bertz CT molecular complexity index is 1090. The molecule has 2 aromatic rings. The molecule has 1 atom stereocenters. The Kier molecular flexibility index (Phi) is 6.48. The lowest BCUT2D eigenvalue weighted by Gasteiger charge is -2.14. The molecule has 156 valence electrons. The summed E-state index contributed by atoms with van der Waals surface area (Å²) in [5, 5.41) is 9.70. The molecule has 1 aromatic heterocycles. The molecule has 0 spiro atoms. The molecule has 0 radical (unpaired) electrons. The third-order valence-corrected chi connectivity index (χ3v) is 6.46. The highest BCUT2D eigenvalue weighted by molar-refractivity contribution is 7.90. The van der Waals surface area contributed by atoms with E-state index in [1.807, 2.05) is 14.0 Å². The third kappa shape index (κ3) is 4.73. The highest BCUT2D eigenvalue weighted by Gasteiger charge is 2.31. The lowest BCUT2D eigenvalue weighted by Crippen LogP contribution is -2.37. The Morgan fingerprint density at radius 3 is 2.83 bits per heavy atom. The Morgan fingerprint density at radius 2 is 2.14 bits per heavy atom. The zero-order chi connectivity index (χ0) is 21.0. The molecule has 29 heavy (non-hydrogen) atoms. The number of sulfonamides is 1.